The average molecular weight is 299 g/mol. The highest BCUT2D eigenvalue weighted by Gasteiger charge is 2.05. The fraction of sp³-hybridized carbons (Fsp3) is 0.143. The molecule has 3 aromatic rings. The van der Waals surface area contributed by atoms with Gasteiger partial charge in [-0.2, -0.15) is 5.10 Å². The van der Waals surface area contributed by atoms with E-state index in [1.165, 1.54) is 11.2 Å². The molecular weight excluding hydrogens is 286 g/mol. The van der Waals surface area contributed by atoms with Gasteiger partial charge in [-0.25, -0.2) is 14.6 Å². The number of aromatic nitrogens is 4. The van der Waals surface area contributed by atoms with E-state index in [0.717, 1.165) is 6.42 Å². The van der Waals surface area contributed by atoms with E-state index in [-0.39, 0.29) is 5.91 Å². The third-order valence-electron chi connectivity index (χ3n) is 2.86. The Hall–Kier alpha value is -2.54. The summed E-state index contributed by atoms with van der Waals surface area (Å²) in [7, 11) is 0. The van der Waals surface area contributed by atoms with E-state index in [1.54, 1.807) is 40.7 Å². The molecule has 3 heterocycles. The molecule has 0 bridgehead atoms. The van der Waals surface area contributed by atoms with Gasteiger partial charge < -0.3 is 5.32 Å². The van der Waals surface area contributed by atoms with Crippen LogP contribution in [0.4, 0.5) is 5.69 Å². The van der Waals surface area contributed by atoms with Gasteiger partial charge in [0.2, 0.25) is 5.91 Å². The van der Waals surface area contributed by atoms with Crippen LogP contribution >= 0.6 is 11.3 Å². The second-order valence-electron chi connectivity index (χ2n) is 4.37. The van der Waals surface area contributed by atoms with E-state index in [0.29, 0.717) is 17.9 Å². The molecule has 0 saturated carbocycles. The summed E-state index contributed by atoms with van der Waals surface area (Å²) in [5.41, 5.74) is 0.676. The molecule has 0 aliphatic rings. The van der Waals surface area contributed by atoms with Gasteiger partial charge in [-0.3, -0.25) is 4.79 Å². The summed E-state index contributed by atoms with van der Waals surface area (Å²) in [4.78, 5) is 21.2. The molecule has 3 rings (SSSR count). The highest BCUT2D eigenvalue weighted by Crippen LogP contribution is 2.13. The molecule has 0 atom stereocenters. The number of hydrogen-bond acceptors (Lipinski definition) is 5. The van der Waals surface area contributed by atoms with Crippen molar-refractivity contribution in [1.82, 2.24) is 19.7 Å². The molecule has 1 amide bonds. The van der Waals surface area contributed by atoms with E-state index >= 15 is 0 Å². The van der Waals surface area contributed by atoms with Crippen LogP contribution in [0.2, 0.25) is 0 Å². The minimum absolute atomic E-state index is 0.0151. The van der Waals surface area contributed by atoms with E-state index in [2.05, 4.69) is 20.4 Å². The predicted molar refractivity (Wildman–Crippen MR) is 80.4 cm³/mol. The van der Waals surface area contributed by atoms with Crippen LogP contribution in [0.5, 0.6) is 0 Å². The van der Waals surface area contributed by atoms with E-state index in [4.69, 9.17) is 0 Å². The van der Waals surface area contributed by atoms with Crippen molar-refractivity contribution in [2.24, 2.45) is 0 Å². The monoisotopic (exact) mass is 299 g/mol. The zero-order valence-electron chi connectivity index (χ0n) is 11.1. The van der Waals surface area contributed by atoms with Crippen LogP contribution in [-0.4, -0.2) is 25.7 Å². The van der Waals surface area contributed by atoms with Crippen LogP contribution in [0, 0.1) is 0 Å². The molecule has 0 aliphatic carbocycles. The number of thiophene rings is 1. The summed E-state index contributed by atoms with van der Waals surface area (Å²) in [6.45, 7) is 0. The molecular formula is C14H13N5OS. The van der Waals surface area contributed by atoms with Crippen molar-refractivity contribution >= 4 is 22.9 Å². The summed E-state index contributed by atoms with van der Waals surface area (Å²) >= 11 is 1.66. The zero-order chi connectivity index (χ0) is 14.5. The first kappa shape index (κ1) is 13.4. The molecule has 0 radical (unpaired) electrons. The number of nitrogens with zero attached hydrogens (tertiary/aromatic N) is 4. The van der Waals surface area contributed by atoms with Crippen molar-refractivity contribution in [3.63, 3.8) is 0 Å². The first-order chi connectivity index (χ1) is 10.3. The van der Waals surface area contributed by atoms with Crippen molar-refractivity contribution in [3.8, 4) is 5.82 Å². The van der Waals surface area contributed by atoms with Crippen molar-refractivity contribution < 1.29 is 4.79 Å². The third kappa shape index (κ3) is 3.51. The van der Waals surface area contributed by atoms with Crippen LogP contribution in [0.3, 0.4) is 0 Å². The van der Waals surface area contributed by atoms with Crippen molar-refractivity contribution in [3.05, 3.63) is 53.4 Å². The molecule has 0 fully saturated rings. The standard InChI is InChI=1S/C14H13N5OS/c20-14(6-4-12-2-1-7-21-12)18-11-3-5-13(16-8-11)19-10-15-9-17-19/h1-3,5,7-10H,4,6H2,(H,18,20). The molecule has 106 valence electrons. The Balaban J connectivity index is 1.56. The lowest BCUT2D eigenvalue weighted by Gasteiger charge is -2.05. The van der Waals surface area contributed by atoms with Gasteiger partial charge in [-0.1, -0.05) is 6.07 Å². The number of rotatable bonds is 5. The van der Waals surface area contributed by atoms with Gasteiger partial charge in [0.1, 0.15) is 12.7 Å². The number of carbonyl (C=O) groups excluding carboxylic acids is 1. The van der Waals surface area contributed by atoms with Gasteiger partial charge in [0.05, 0.1) is 11.9 Å². The Bertz CT molecular complexity index is 692. The maximum absolute atomic E-state index is 11.9. The van der Waals surface area contributed by atoms with E-state index in [1.807, 2.05) is 17.5 Å². The molecule has 21 heavy (non-hydrogen) atoms. The SMILES string of the molecule is O=C(CCc1cccs1)Nc1ccc(-n2cncn2)nc1. The van der Waals surface area contributed by atoms with Gasteiger partial charge in [-0.15, -0.1) is 11.3 Å². The molecule has 0 aliphatic heterocycles. The summed E-state index contributed by atoms with van der Waals surface area (Å²) in [6, 6.07) is 7.60. The number of pyridine rings is 1. The van der Waals surface area contributed by atoms with Crippen LogP contribution in [-0.2, 0) is 11.2 Å². The van der Waals surface area contributed by atoms with Gasteiger partial charge >= 0.3 is 0 Å². The van der Waals surface area contributed by atoms with Gasteiger partial charge in [0.15, 0.2) is 5.82 Å². The van der Waals surface area contributed by atoms with Gasteiger partial charge in [-0.05, 0) is 30.0 Å². The molecule has 7 heteroatoms. The van der Waals surface area contributed by atoms with Crippen LogP contribution in [0.25, 0.3) is 5.82 Å². The first-order valence-corrected chi connectivity index (χ1v) is 7.32. The fourth-order valence-electron chi connectivity index (χ4n) is 1.84. The second-order valence-corrected chi connectivity index (χ2v) is 5.40. The number of anilines is 1. The van der Waals surface area contributed by atoms with Crippen LogP contribution < -0.4 is 5.32 Å². The number of hydrogen-bond donors (Lipinski definition) is 1. The lowest BCUT2D eigenvalue weighted by atomic mass is 10.2. The Labute approximate surface area is 125 Å². The summed E-state index contributed by atoms with van der Waals surface area (Å²) in [6.07, 6.45) is 5.85. The van der Waals surface area contributed by atoms with Gasteiger partial charge in [0, 0.05) is 11.3 Å². The molecule has 0 aromatic carbocycles. The normalized spacial score (nSPS) is 10.5. The molecule has 0 spiro atoms. The van der Waals surface area contributed by atoms with Crippen molar-refractivity contribution in [1.29, 1.82) is 0 Å². The lowest BCUT2D eigenvalue weighted by Crippen LogP contribution is -2.12. The molecule has 1 N–H and O–H groups in total. The molecule has 3 aromatic heterocycles. The number of nitrogens with one attached hydrogen (secondary N) is 1. The Morgan fingerprint density at radius 1 is 1.33 bits per heavy atom. The second kappa shape index (κ2) is 6.27. The molecule has 0 unspecified atom stereocenters. The summed E-state index contributed by atoms with van der Waals surface area (Å²) in [5.74, 6) is 0.641. The quantitative estimate of drug-likeness (QED) is 0.784. The maximum atomic E-state index is 11.9. The average Bonchev–Trinajstić information content (AvgIpc) is 3.19. The largest absolute Gasteiger partial charge is 0.325 e. The Morgan fingerprint density at radius 3 is 2.95 bits per heavy atom. The highest BCUT2D eigenvalue weighted by molar-refractivity contribution is 7.09. The van der Waals surface area contributed by atoms with Crippen LogP contribution in [0.1, 0.15) is 11.3 Å². The minimum atomic E-state index is -0.0151. The lowest BCUT2D eigenvalue weighted by molar-refractivity contribution is -0.116. The third-order valence-corrected chi connectivity index (χ3v) is 3.80. The van der Waals surface area contributed by atoms with Gasteiger partial charge in [0.25, 0.3) is 0 Å². The van der Waals surface area contributed by atoms with Crippen molar-refractivity contribution in [2.75, 3.05) is 5.32 Å². The van der Waals surface area contributed by atoms with Crippen LogP contribution in [0.15, 0.2) is 48.5 Å². The first-order valence-electron chi connectivity index (χ1n) is 6.44. The summed E-state index contributed by atoms with van der Waals surface area (Å²) in [5, 5.41) is 8.84. The maximum Gasteiger partial charge on any atom is 0.224 e. The summed E-state index contributed by atoms with van der Waals surface area (Å²) < 4.78 is 1.56. The predicted octanol–water partition coefficient (Wildman–Crippen LogP) is 2.30. The number of aryl methyl sites for hydroxylation is 1. The van der Waals surface area contributed by atoms with E-state index in [9.17, 15) is 4.79 Å². The smallest absolute Gasteiger partial charge is 0.224 e. The fourth-order valence-corrected chi connectivity index (χ4v) is 2.55. The Kier molecular flexibility index (Phi) is 4.02. The Morgan fingerprint density at radius 2 is 2.29 bits per heavy atom. The minimum Gasteiger partial charge on any atom is -0.325 e. The molecule has 0 saturated heterocycles. The highest BCUT2D eigenvalue weighted by atomic mass is 32.1. The topological polar surface area (TPSA) is 72.7 Å². The number of amides is 1. The number of carbonyl (C=O) groups is 1. The van der Waals surface area contributed by atoms with E-state index < -0.39 is 0 Å². The zero-order valence-corrected chi connectivity index (χ0v) is 12.0. The van der Waals surface area contributed by atoms with Crippen molar-refractivity contribution in [2.45, 2.75) is 12.8 Å². The molecule has 6 nitrogen and oxygen atoms in total.